The predicted molar refractivity (Wildman–Crippen MR) is 185 cm³/mol. The molecule has 0 radical (unpaired) electrons. The van der Waals surface area contributed by atoms with Crippen LogP contribution in [0.15, 0.2) is 55.1 Å². The third-order valence-corrected chi connectivity index (χ3v) is 9.49. The zero-order valence-electron chi connectivity index (χ0n) is 28.4. The second kappa shape index (κ2) is 12.8. The summed E-state index contributed by atoms with van der Waals surface area (Å²) in [5, 5.41) is 8.62. The number of rotatable bonds is 5. The van der Waals surface area contributed by atoms with Gasteiger partial charge in [0.1, 0.15) is 47.1 Å². The fourth-order valence-corrected chi connectivity index (χ4v) is 7.17. The zero-order valence-corrected chi connectivity index (χ0v) is 28.4. The average Bonchev–Trinajstić information content (AvgIpc) is 3.82. The standard InChI is InChI=1S/C35H35F2N11O3/c1-5-51-30-12-20(36)6-7-28(30)48-33-25(14-41-48)32(39-18-40-33)47-15-22-13-29(47)34(49)45(3)16-23(50-4)17-46-19(2)42-27-11-21(37)10-24(31(27)46)26-8-9-38-35(43-22)44-26/h6-12,14,18,22-23,29H,5,13,15-17H2,1-4H3,(H,38,43,44)/t22-,23-,29-/m0/s1. The third kappa shape index (κ3) is 5.74. The maximum absolute atomic E-state index is 15.0. The molecule has 2 aliphatic rings. The maximum atomic E-state index is 15.0. The van der Waals surface area contributed by atoms with E-state index in [-0.39, 0.29) is 18.5 Å². The summed E-state index contributed by atoms with van der Waals surface area (Å²) >= 11 is 0. The number of nitrogens with one attached hydrogen (secondary N) is 1. The SMILES string of the molecule is CCOc1cc(F)ccc1-n1ncc2c(N3C[C@@H]4C[C@H]3C(=O)N(C)C[C@H](OC)Cn3c(C)nc5cc(F)cc(c53)-c3ccnc(n3)N4)ncnc21. The van der Waals surface area contributed by atoms with Gasteiger partial charge in [-0.3, -0.25) is 4.79 Å². The number of ether oxygens (including phenoxy) is 2. The summed E-state index contributed by atoms with van der Waals surface area (Å²) in [7, 11) is 3.37. The molecule has 262 valence electrons. The fourth-order valence-electron chi connectivity index (χ4n) is 7.17. The van der Waals surface area contributed by atoms with Crippen molar-refractivity contribution in [1.82, 2.24) is 44.2 Å². The number of halogens is 2. The van der Waals surface area contributed by atoms with E-state index in [1.54, 1.807) is 48.3 Å². The lowest BCUT2D eigenvalue weighted by atomic mass is 10.1. The molecule has 4 aromatic heterocycles. The van der Waals surface area contributed by atoms with Crippen LogP contribution in [0.5, 0.6) is 5.75 Å². The molecule has 0 saturated carbocycles. The first-order chi connectivity index (χ1) is 24.7. The van der Waals surface area contributed by atoms with Crippen LogP contribution in [0.25, 0.3) is 39.0 Å². The second-order valence-corrected chi connectivity index (χ2v) is 12.7. The summed E-state index contributed by atoms with van der Waals surface area (Å²) < 4.78 is 44.3. The molecule has 51 heavy (non-hydrogen) atoms. The molecule has 3 atom stereocenters. The number of amides is 1. The molecule has 6 heterocycles. The van der Waals surface area contributed by atoms with Gasteiger partial charge in [0.15, 0.2) is 5.65 Å². The number of anilines is 2. The molecule has 1 fully saturated rings. The van der Waals surface area contributed by atoms with Crippen molar-refractivity contribution in [2.45, 2.75) is 45.0 Å². The molecule has 0 unspecified atom stereocenters. The molecule has 6 aromatic rings. The van der Waals surface area contributed by atoms with E-state index in [1.807, 2.05) is 23.3 Å². The Morgan fingerprint density at radius 2 is 1.88 bits per heavy atom. The van der Waals surface area contributed by atoms with Gasteiger partial charge in [-0.15, -0.1) is 0 Å². The first-order valence-corrected chi connectivity index (χ1v) is 16.6. The van der Waals surface area contributed by atoms with Crippen molar-refractivity contribution in [1.29, 1.82) is 0 Å². The Kier molecular flexibility index (Phi) is 8.17. The number of imidazole rings is 1. The van der Waals surface area contributed by atoms with E-state index in [0.29, 0.717) is 83.0 Å². The summed E-state index contributed by atoms with van der Waals surface area (Å²) in [6.07, 6.45) is 4.69. The lowest BCUT2D eigenvalue weighted by Crippen LogP contribution is -2.47. The molecule has 1 amide bonds. The van der Waals surface area contributed by atoms with E-state index in [2.05, 4.69) is 30.4 Å². The summed E-state index contributed by atoms with van der Waals surface area (Å²) in [5.74, 6) is 0.865. The van der Waals surface area contributed by atoms with Crippen molar-refractivity contribution >= 4 is 39.7 Å². The Morgan fingerprint density at radius 1 is 1.02 bits per heavy atom. The molecule has 16 heteroatoms. The number of benzene rings is 2. The summed E-state index contributed by atoms with van der Waals surface area (Å²) in [6.45, 7) is 5.03. The van der Waals surface area contributed by atoms with Crippen LogP contribution < -0.4 is 15.0 Å². The van der Waals surface area contributed by atoms with Crippen molar-refractivity contribution in [3.05, 3.63) is 72.6 Å². The summed E-state index contributed by atoms with van der Waals surface area (Å²) in [6, 6.07) is 7.95. The zero-order chi connectivity index (χ0) is 35.4. The molecule has 4 bridgehead atoms. The van der Waals surface area contributed by atoms with Gasteiger partial charge in [0, 0.05) is 57.2 Å². The number of aryl methyl sites for hydroxylation is 1. The smallest absolute Gasteiger partial charge is 0.245 e. The van der Waals surface area contributed by atoms with E-state index < -0.39 is 23.8 Å². The number of hydrogen-bond acceptors (Lipinski definition) is 11. The van der Waals surface area contributed by atoms with Crippen molar-refractivity contribution < 1.29 is 23.0 Å². The Bertz CT molecular complexity index is 2290. The summed E-state index contributed by atoms with van der Waals surface area (Å²) in [5.41, 5.74) is 3.31. The topological polar surface area (TPSA) is 141 Å². The molecule has 1 N–H and O–H groups in total. The van der Waals surface area contributed by atoms with Gasteiger partial charge in [-0.1, -0.05) is 0 Å². The molecule has 2 aromatic carbocycles. The predicted octanol–water partition coefficient (Wildman–Crippen LogP) is 4.15. The van der Waals surface area contributed by atoms with Gasteiger partial charge in [-0.05, 0) is 44.5 Å². The van der Waals surface area contributed by atoms with E-state index >= 15 is 0 Å². The van der Waals surface area contributed by atoms with Crippen molar-refractivity contribution in [3.8, 4) is 22.7 Å². The first kappa shape index (κ1) is 32.4. The average molecular weight is 696 g/mol. The minimum atomic E-state index is -0.627. The number of fused-ring (bicyclic) bond motifs is 6. The van der Waals surface area contributed by atoms with Crippen LogP contribution in [0.4, 0.5) is 20.5 Å². The highest BCUT2D eigenvalue weighted by Gasteiger charge is 2.41. The Balaban J connectivity index is 1.22. The van der Waals surface area contributed by atoms with Crippen LogP contribution in [0.2, 0.25) is 0 Å². The highest BCUT2D eigenvalue weighted by atomic mass is 19.1. The number of nitrogens with zero attached hydrogens (tertiary/aromatic N) is 10. The molecule has 1 saturated heterocycles. The lowest BCUT2D eigenvalue weighted by molar-refractivity contribution is -0.132. The molecule has 0 aliphatic carbocycles. The van der Waals surface area contributed by atoms with Gasteiger partial charge in [-0.25, -0.2) is 38.4 Å². The summed E-state index contributed by atoms with van der Waals surface area (Å²) in [4.78, 5) is 41.2. The van der Waals surface area contributed by atoms with Gasteiger partial charge < -0.3 is 29.2 Å². The van der Waals surface area contributed by atoms with Gasteiger partial charge in [-0.2, -0.15) is 5.10 Å². The third-order valence-electron chi connectivity index (χ3n) is 9.49. The van der Waals surface area contributed by atoms with Crippen molar-refractivity contribution in [2.24, 2.45) is 0 Å². The Labute approximate surface area is 291 Å². The number of hydrogen-bond donors (Lipinski definition) is 1. The molecular weight excluding hydrogens is 660 g/mol. The highest BCUT2D eigenvalue weighted by Crippen LogP contribution is 2.35. The monoisotopic (exact) mass is 695 g/mol. The maximum Gasteiger partial charge on any atom is 0.245 e. The van der Waals surface area contributed by atoms with Crippen LogP contribution in [0, 0.1) is 18.6 Å². The second-order valence-electron chi connectivity index (χ2n) is 12.7. The van der Waals surface area contributed by atoms with Crippen LogP contribution in [0.1, 0.15) is 19.2 Å². The minimum absolute atomic E-state index is 0.128. The highest BCUT2D eigenvalue weighted by molar-refractivity contribution is 5.93. The number of aromatic nitrogens is 8. The van der Waals surface area contributed by atoms with Crippen molar-refractivity contribution in [2.75, 3.05) is 44.1 Å². The normalized spacial score (nSPS) is 19.3. The minimum Gasteiger partial charge on any atom is -0.492 e. The van der Waals surface area contributed by atoms with Crippen LogP contribution >= 0.6 is 0 Å². The lowest BCUT2D eigenvalue weighted by Gasteiger charge is -2.30. The van der Waals surface area contributed by atoms with Crippen LogP contribution in [-0.4, -0.2) is 102 Å². The van der Waals surface area contributed by atoms with Gasteiger partial charge >= 0.3 is 0 Å². The van der Waals surface area contributed by atoms with Gasteiger partial charge in [0.2, 0.25) is 11.9 Å². The molecule has 8 rings (SSSR count). The van der Waals surface area contributed by atoms with E-state index in [4.69, 9.17) is 14.5 Å². The Morgan fingerprint density at radius 3 is 2.71 bits per heavy atom. The number of likely N-dealkylation sites (N-methyl/N-ethyl adjacent to an activating group) is 1. The van der Waals surface area contributed by atoms with E-state index in [0.717, 1.165) is 5.52 Å². The molecule has 14 nitrogen and oxygen atoms in total. The molecule has 0 spiro atoms. The number of carbonyl (C=O) groups is 1. The van der Waals surface area contributed by atoms with Gasteiger partial charge in [0.05, 0.1) is 47.6 Å². The van der Waals surface area contributed by atoms with E-state index in [1.165, 1.54) is 30.6 Å². The quantitative estimate of drug-likeness (QED) is 0.278. The fraction of sp³-hybridized carbons (Fsp3) is 0.343. The number of carbonyl (C=O) groups excluding carboxylic acids is 1. The van der Waals surface area contributed by atoms with Crippen molar-refractivity contribution in [3.63, 3.8) is 0 Å². The Hall–Kier alpha value is -5.77. The molecular formula is C35H35F2N11O3. The number of methoxy groups -OCH3 is 1. The molecule has 2 aliphatic heterocycles. The van der Waals surface area contributed by atoms with E-state index in [9.17, 15) is 13.6 Å². The first-order valence-electron chi connectivity index (χ1n) is 16.6. The van der Waals surface area contributed by atoms with Crippen LogP contribution in [-0.2, 0) is 16.1 Å². The largest absolute Gasteiger partial charge is 0.492 e. The van der Waals surface area contributed by atoms with Crippen LogP contribution in [0.3, 0.4) is 0 Å². The van der Waals surface area contributed by atoms with Gasteiger partial charge in [0.25, 0.3) is 0 Å².